The van der Waals surface area contributed by atoms with E-state index in [1.807, 2.05) is 0 Å². The summed E-state index contributed by atoms with van der Waals surface area (Å²) < 4.78 is 5.12. The first-order valence-electron chi connectivity index (χ1n) is 5.19. The second kappa shape index (κ2) is 5.07. The highest BCUT2D eigenvalue weighted by molar-refractivity contribution is 5.01. The zero-order valence-electron chi connectivity index (χ0n) is 8.99. The Morgan fingerprint density at radius 2 is 2.14 bits per heavy atom. The summed E-state index contributed by atoms with van der Waals surface area (Å²) in [5, 5.41) is 21.3. The minimum absolute atomic E-state index is 0.0169. The smallest absolute Gasteiger partial charge is 0.0698 e. The predicted molar refractivity (Wildman–Crippen MR) is 54.1 cm³/mol. The molecule has 14 heavy (non-hydrogen) atoms. The summed E-state index contributed by atoms with van der Waals surface area (Å²) in [6, 6.07) is 0.384. The molecule has 0 heterocycles. The van der Waals surface area contributed by atoms with Crippen molar-refractivity contribution in [2.45, 2.75) is 32.4 Å². The van der Waals surface area contributed by atoms with Crippen LogP contribution in [0.5, 0.6) is 0 Å². The molecule has 4 nitrogen and oxygen atoms in total. The summed E-state index contributed by atoms with van der Waals surface area (Å²) in [6.45, 7) is 6.00. The van der Waals surface area contributed by atoms with Crippen LogP contribution in [0.4, 0.5) is 0 Å². The van der Waals surface area contributed by atoms with Gasteiger partial charge in [-0.05, 0) is 6.42 Å². The first kappa shape index (κ1) is 11.9. The largest absolute Gasteiger partial charge is 0.394 e. The minimum atomic E-state index is -0.182. The van der Waals surface area contributed by atoms with Crippen molar-refractivity contribution in [3.63, 3.8) is 0 Å². The minimum Gasteiger partial charge on any atom is -0.394 e. The highest BCUT2D eigenvalue weighted by atomic mass is 16.5. The second-order valence-corrected chi connectivity index (χ2v) is 4.42. The van der Waals surface area contributed by atoms with Gasteiger partial charge in [-0.25, -0.2) is 0 Å². The molecule has 4 heteroatoms. The first-order chi connectivity index (χ1) is 6.59. The zero-order chi connectivity index (χ0) is 10.6. The lowest BCUT2D eigenvalue weighted by Gasteiger charge is -2.49. The number of nitrogens with one attached hydrogen (secondary N) is 1. The van der Waals surface area contributed by atoms with Crippen molar-refractivity contribution in [1.82, 2.24) is 5.32 Å². The summed E-state index contributed by atoms with van der Waals surface area (Å²) in [6.07, 6.45) is 0.644. The fourth-order valence-electron chi connectivity index (χ4n) is 1.72. The van der Waals surface area contributed by atoms with Gasteiger partial charge in [0.05, 0.1) is 25.9 Å². The van der Waals surface area contributed by atoms with E-state index in [1.165, 1.54) is 0 Å². The molecule has 84 valence electrons. The van der Waals surface area contributed by atoms with E-state index in [1.54, 1.807) is 0 Å². The Hall–Kier alpha value is -0.160. The van der Waals surface area contributed by atoms with E-state index >= 15 is 0 Å². The molecule has 2 atom stereocenters. The SMILES string of the molecule is CC1(C)C(O)CC1NCCOCCO. The zero-order valence-corrected chi connectivity index (χ0v) is 8.99. The van der Waals surface area contributed by atoms with E-state index in [0.29, 0.717) is 19.3 Å². The standard InChI is InChI=1S/C10H21NO3/c1-10(2)8(7-9(10)13)11-3-5-14-6-4-12/h8-9,11-13H,3-7H2,1-2H3. The number of hydrogen-bond acceptors (Lipinski definition) is 4. The molecule has 1 aliphatic rings. The van der Waals surface area contributed by atoms with Gasteiger partial charge in [0.25, 0.3) is 0 Å². The van der Waals surface area contributed by atoms with Gasteiger partial charge >= 0.3 is 0 Å². The number of hydrogen-bond donors (Lipinski definition) is 3. The Morgan fingerprint density at radius 3 is 2.64 bits per heavy atom. The van der Waals surface area contributed by atoms with Crippen LogP contribution in [0.15, 0.2) is 0 Å². The highest BCUT2D eigenvalue weighted by Crippen LogP contribution is 2.40. The van der Waals surface area contributed by atoms with Gasteiger partial charge < -0.3 is 20.3 Å². The molecule has 2 unspecified atom stereocenters. The van der Waals surface area contributed by atoms with E-state index in [2.05, 4.69) is 19.2 Å². The molecule has 1 rings (SSSR count). The Balaban J connectivity index is 2.03. The molecule has 1 aliphatic carbocycles. The molecule has 1 fully saturated rings. The van der Waals surface area contributed by atoms with Crippen molar-refractivity contribution < 1.29 is 14.9 Å². The molecule has 0 spiro atoms. The van der Waals surface area contributed by atoms with E-state index in [-0.39, 0.29) is 18.1 Å². The van der Waals surface area contributed by atoms with Gasteiger partial charge in [-0.15, -0.1) is 0 Å². The van der Waals surface area contributed by atoms with E-state index in [9.17, 15) is 5.11 Å². The van der Waals surface area contributed by atoms with Crippen molar-refractivity contribution in [2.75, 3.05) is 26.4 Å². The molecule has 0 aliphatic heterocycles. The van der Waals surface area contributed by atoms with E-state index in [0.717, 1.165) is 13.0 Å². The maximum atomic E-state index is 9.48. The number of ether oxygens (including phenoxy) is 1. The maximum absolute atomic E-state index is 9.48. The lowest BCUT2D eigenvalue weighted by atomic mass is 9.64. The Kier molecular flexibility index (Phi) is 4.31. The molecule has 0 bridgehead atoms. The van der Waals surface area contributed by atoms with Gasteiger partial charge in [-0.2, -0.15) is 0 Å². The first-order valence-corrected chi connectivity index (χ1v) is 5.19. The fourth-order valence-corrected chi connectivity index (χ4v) is 1.72. The van der Waals surface area contributed by atoms with Crippen LogP contribution in [0, 0.1) is 5.41 Å². The molecule has 0 aromatic heterocycles. The van der Waals surface area contributed by atoms with Crippen molar-refractivity contribution in [1.29, 1.82) is 0 Å². The van der Waals surface area contributed by atoms with Crippen LogP contribution in [0.1, 0.15) is 20.3 Å². The predicted octanol–water partition coefficient (Wildman–Crippen LogP) is -0.256. The van der Waals surface area contributed by atoms with Crippen LogP contribution >= 0.6 is 0 Å². The third-order valence-electron chi connectivity index (χ3n) is 3.09. The summed E-state index contributed by atoms with van der Waals surface area (Å²) in [7, 11) is 0. The van der Waals surface area contributed by atoms with Gasteiger partial charge in [-0.1, -0.05) is 13.8 Å². The number of rotatable bonds is 6. The lowest BCUT2D eigenvalue weighted by Crippen LogP contribution is -2.60. The maximum Gasteiger partial charge on any atom is 0.0698 e. The van der Waals surface area contributed by atoms with Crippen LogP contribution in [-0.2, 0) is 4.74 Å². The number of aliphatic hydroxyl groups excluding tert-OH is 2. The molecule has 0 aromatic rings. The van der Waals surface area contributed by atoms with Gasteiger partial charge in [0, 0.05) is 18.0 Å². The molecule has 0 aromatic carbocycles. The van der Waals surface area contributed by atoms with Crippen LogP contribution in [-0.4, -0.2) is 48.7 Å². The van der Waals surface area contributed by atoms with Gasteiger partial charge in [-0.3, -0.25) is 0 Å². The van der Waals surface area contributed by atoms with Gasteiger partial charge in [0.15, 0.2) is 0 Å². The summed E-state index contributed by atoms with van der Waals surface area (Å²) >= 11 is 0. The van der Waals surface area contributed by atoms with Crippen LogP contribution in [0.2, 0.25) is 0 Å². The normalized spacial score (nSPS) is 30.0. The van der Waals surface area contributed by atoms with Crippen LogP contribution in [0.25, 0.3) is 0 Å². The van der Waals surface area contributed by atoms with Crippen molar-refractivity contribution in [3.8, 4) is 0 Å². The molecule has 0 radical (unpaired) electrons. The fraction of sp³-hybridized carbons (Fsp3) is 1.00. The van der Waals surface area contributed by atoms with E-state index < -0.39 is 0 Å². The Bertz CT molecular complexity index is 173. The second-order valence-electron chi connectivity index (χ2n) is 4.42. The quantitative estimate of drug-likeness (QED) is 0.521. The average molecular weight is 203 g/mol. The Labute approximate surface area is 85.3 Å². The average Bonchev–Trinajstić information content (AvgIpc) is 2.16. The van der Waals surface area contributed by atoms with Gasteiger partial charge in [0.1, 0.15) is 0 Å². The monoisotopic (exact) mass is 203 g/mol. The number of aliphatic hydroxyl groups is 2. The van der Waals surface area contributed by atoms with Crippen molar-refractivity contribution in [2.24, 2.45) is 5.41 Å². The highest BCUT2D eigenvalue weighted by Gasteiger charge is 2.46. The lowest BCUT2D eigenvalue weighted by molar-refractivity contribution is -0.0739. The molecular weight excluding hydrogens is 182 g/mol. The van der Waals surface area contributed by atoms with Crippen LogP contribution < -0.4 is 5.32 Å². The molecule has 1 saturated carbocycles. The summed E-state index contributed by atoms with van der Waals surface area (Å²) in [5.41, 5.74) is -0.0169. The summed E-state index contributed by atoms with van der Waals surface area (Å²) in [5.74, 6) is 0. The molecule has 3 N–H and O–H groups in total. The Morgan fingerprint density at radius 1 is 1.43 bits per heavy atom. The molecule has 0 amide bonds. The van der Waals surface area contributed by atoms with E-state index in [4.69, 9.17) is 9.84 Å². The van der Waals surface area contributed by atoms with Gasteiger partial charge in [0.2, 0.25) is 0 Å². The third kappa shape index (κ3) is 2.67. The molecular formula is C10H21NO3. The summed E-state index contributed by atoms with van der Waals surface area (Å²) in [4.78, 5) is 0. The third-order valence-corrected chi connectivity index (χ3v) is 3.09. The van der Waals surface area contributed by atoms with Crippen LogP contribution in [0.3, 0.4) is 0 Å². The topological polar surface area (TPSA) is 61.7 Å². The van der Waals surface area contributed by atoms with Crippen molar-refractivity contribution in [3.05, 3.63) is 0 Å². The molecule has 0 saturated heterocycles. The van der Waals surface area contributed by atoms with Crippen molar-refractivity contribution >= 4 is 0 Å².